The van der Waals surface area contributed by atoms with Crippen molar-refractivity contribution in [3.05, 3.63) is 70.9 Å². The molecular formula is C23H22N4O2S. The highest BCUT2D eigenvalue weighted by atomic mass is 32.1. The number of thiazole rings is 1. The van der Waals surface area contributed by atoms with Crippen LogP contribution in [0.1, 0.15) is 21.6 Å². The van der Waals surface area contributed by atoms with Crippen LogP contribution in [0.15, 0.2) is 54.0 Å². The Kier molecular flexibility index (Phi) is 5.74. The van der Waals surface area contributed by atoms with Crippen molar-refractivity contribution in [2.75, 3.05) is 18.9 Å². The van der Waals surface area contributed by atoms with E-state index in [0.717, 1.165) is 39.6 Å². The number of aromatic nitrogens is 2. The highest BCUT2D eigenvalue weighted by molar-refractivity contribution is 7.13. The van der Waals surface area contributed by atoms with Crippen LogP contribution in [0.3, 0.4) is 0 Å². The monoisotopic (exact) mass is 418 g/mol. The van der Waals surface area contributed by atoms with Gasteiger partial charge in [0, 0.05) is 29.2 Å². The fourth-order valence-electron chi connectivity index (χ4n) is 3.42. The van der Waals surface area contributed by atoms with E-state index in [0.29, 0.717) is 17.2 Å². The summed E-state index contributed by atoms with van der Waals surface area (Å²) in [7, 11) is 1.86. The number of likely N-dealkylation sites (N-methyl/N-ethyl adjacent to an activating group) is 1. The summed E-state index contributed by atoms with van der Waals surface area (Å²) in [6.45, 7) is 2.59. The minimum Gasteiger partial charge on any atom is -0.361 e. The summed E-state index contributed by atoms with van der Waals surface area (Å²) in [5, 5.41) is 6.43. The van der Waals surface area contributed by atoms with Crippen LogP contribution >= 0.6 is 11.3 Å². The van der Waals surface area contributed by atoms with Crippen LogP contribution in [-0.4, -0.2) is 40.7 Å². The average molecular weight is 419 g/mol. The van der Waals surface area contributed by atoms with E-state index in [1.54, 1.807) is 0 Å². The number of fused-ring (bicyclic) bond motifs is 1. The fourth-order valence-corrected chi connectivity index (χ4v) is 4.13. The Balaban J connectivity index is 1.45. The molecule has 0 aliphatic heterocycles. The minimum absolute atomic E-state index is 0.129. The predicted octanol–water partition coefficient (Wildman–Crippen LogP) is 4.48. The summed E-state index contributed by atoms with van der Waals surface area (Å²) in [4.78, 5) is 33.3. The van der Waals surface area contributed by atoms with Crippen LogP contribution in [0.2, 0.25) is 0 Å². The summed E-state index contributed by atoms with van der Waals surface area (Å²) in [6, 6.07) is 14.1. The van der Waals surface area contributed by atoms with Gasteiger partial charge in [-0.1, -0.05) is 18.2 Å². The molecule has 2 aromatic heterocycles. The Morgan fingerprint density at radius 3 is 2.77 bits per heavy atom. The molecule has 2 N–H and O–H groups in total. The third kappa shape index (κ3) is 4.48. The highest BCUT2D eigenvalue weighted by Crippen LogP contribution is 2.26. The molecule has 6 nitrogen and oxygen atoms in total. The smallest absolute Gasteiger partial charge is 0.240 e. The van der Waals surface area contributed by atoms with Crippen LogP contribution < -0.4 is 5.32 Å². The molecule has 0 aliphatic carbocycles. The van der Waals surface area contributed by atoms with E-state index in [4.69, 9.17) is 0 Å². The maximum atomic E-state index is 12.2. The fraction of sp³-hybridized carbons (Fsp3) is 0.174. The molecule has 0 spiro atoms. The summed E-state index contributed by atoms with van der Waals surface area (Å²) in [5.41, 5.74) is 5.53. The molecule has 0 radical (unpaired) electrons. The van der Waals surface area contributed by atoms with Gasteiger partial charge in [0.05, 0.1) is 12.2 Å². The number of rotatable bonds is 7. The molecular weight excluding hydrogens is 396 g/mol. The molecule has 30 heavy (non-hydrogen) atoms. The quantitative estimate of drug-likeness (QED) is 0.434. The van der Waals surface area contributed by atoms with Gasteiger partial charge in [-0.2, -0.15) is 0 Å². The van der Waals surface area contributed by atoms with Gasteiger partial charge in [-0.25, -0.2) is 4.98 Å². The molecule has 0 fully saturated rings. The number of aryl methyl sites for hydroxylation is 1. The summed E-state index contributed by atoms with van der Waals surface area (Å²) >= 11 is 1.41. The molecule has 0 bridgehead atoms. The van der Waals surface area contributed by atoms with Crippen molar-refractivity contribution in [1.29, 1.82) is 0 Å². The number of amides is 1. The van der Waals surface area contributed by atoms with Crippen molar-refractivity contribution in [2.45, 2.75) is 13.5 Å². The standard InChI is InChI=1S/C23H22N4O2S/c1-15-14-30-23(25-15)26-22(29)12-27(2)11-19-4-3-16(10-20(19)13-28)17-5-6-21-18(9-17)7-8-24-21/h3-10,13-14,24H,11-12H2,1-2H3,(H,25,26,29). The normalized spacial score (nSPS) is 11.2. The van der Waals surface area contributed by atoms with Crippen molar-refractivity contribution in [3.63, 3.8) is 0 Å². The Hall–Kier alpha value is -3.29. The van der Waals surface area contributed by atoms with Crippen molar-refractivity contribution in [2.24, 2.45) is 0 Å². The van der Waals surface area contributed by atoms with Gasteiger partial charge in [0.2, 0.25) is 5.91 Å². The van der Waals surface area contributed by atoms with Crippen molar-refractivity contribution < 1.29 is 9.59 Å². The molecule has 0 saturated carbocycles. The zero-order valence-corrected chi connectivity index (χ0v) is 17.6. The molecule has 0 unspecified atom stereocenters. The van der Waals surface area contributed by atoms with Gasteiger partial charge >= 0.3 is 0 Å². The third-order valence-electron chi connectivity index (χ3n) is 4.88. The van der Waals surface area contributed by atoms with E-state index >= 15 is 0 Å². The van der Waals surface area contributed by atoms with Crippen molar-refractivity contribution in [1.82, 2.24) is 14.9 Å². The van der Waals surface area contributed by atoms with Gasteiger partial charge in [0.25, 0.3) is 0 Å². The second-order valence-electron chi connectivity index (χ2n) is 7.33. The number of carbonyl (C=O) groups is 2. The molecule has 0 saturated heterocycles. The third-order valence-corrected chi connectivity index (χ3v) is 5.75. The van der Waals surface area contributed by atoms with Crippen LogP contribution in [0, 0.1) is 6.92 Å². The lowest BCUT2D eigenvalue weighted by Gasteiger charge is -2.17. The Morgan fingerprint density at radius 2 is 2.00 bits per heavy atom. The topological polar surface area (TPSA) is 78.1 Å². The lowest BCUT2D eigenvalue weighted by Crippen LogP contribution is -2.30. The number of aromatic amines is 1. The first-order valence-electron chi connectivity index (χ1n) is 9.58. The van der Waals surface area contributed by atoms with Crippen LogP contribution in [-0.2, 0) is 11.3 Å². The minimum atomic E-state index is -0.129. The summed E-state index contributed by atoms with van der Waals surface area (Å²) < 4.78 is 0. The van der Waals surface area contributed by atoms with E-state index in [1.807, 2.05) is 66.8 Å². The Labute approximate surface area is 178 Å². The van der Waals surface area contributed by atoms with E-state index in [9.17, 15) is 9.59 Å². The number of nitrogens with zero attached hydrogens (tertiary/aromatic N) is 2. The van der Waals surface area contributed by atoms with Gasteiger partial charge in [-0.3, -0.25) is 14.5 Å². The lowest BCUT2D eigenvalue weighted by molar-refractivity contribution is -0.117. The molecule has 0 aliphatic rings. The van der Waals surface area contributed by atoms with Gasteiger partial charge in [-0.15, -0.1) is 11.3 Å². The molecule has 1 amide bonds. The van der Waals surface area contributed by atoms with Crippen molar-refractivity contribution >= 4 is 39.6 Å². The second kappa shape index (κ2) is 8.61. The number of hydrogen-bond donors (Lipinski definition) is 2. The first kappa shape index (κ1) is 20.0. The molecule has 152 valence electrons. The zero-order valence-electron chi connectivity index (χ0n) is 16.8. The van der Waals surface area contributed by atoms with E-state index in [1.165, 1.54) is 11.3 Å². The lowest BCUT2D eigenvalue weighted by atomic mass is 9.98. The average Bonchev–Trinajstić information content (AvgIpc) is 3.36. The Morgan fingerprint density at radius 1 is 1.20 bits per heavy atom. The second-order valence-corrected chi connectivity index (χ2v) is 8.18. The number of H-pyrrole nitrogens is 1. The first-order chi connectivity index (χ1) is 14.5. The van der Waals surface area contributed by atoms with Gasteiger partial charge < -0.3 is 10.3 Å². The van der Waals surface area contributed by atoms with E-state index < -0.39 is 0 Å². The maximum absolute atomic E-state index is 12.2. The van der Waals surface area contributed by atoms with Gasteiger partial charge in [0.15, 0.2) is 5.13 Å². The van der Waals surface area contributed by atoms with Crippen LogP contribution in [0.5, 0.6) is 0 Å². The Bertz CT molecular complexity index is 1210. The summed E-state index contributed by atoms with van der Waals surface area (Å²) in [6.07, 6.45) is 2.79. The number of benzene rings is 2. The highest BCUT2D eigenvalue weighted by Gasteiger charge is 2.12. The number of carbonyl (C=O) groups excluding carboxylic acids is 2. The zero-order chi connectivity index (χ0) is 21.1. The molecule has 0 atom stereocenters. The first-order valence-corrected chi connectivity index (χ1v) is 10.5. The largest absolute Gasteiger partial charge is 0.361 e. The van der Waals surface area contributed by atoms with Crippen molar-refractivity contribution in [3.8, 4) is 11.1 Å². The van der Waals surface area contributed by atoms with Crippen LogP contribution in [0.25, 0.3) is 22.0 Å². The maximum Gasteiger partial charge on any atom is 0.240 e. The SMILES string of the molecule is Cc1csc(NC(=O)CN(C)Cc2ccc(-c3ccc4[nH]ccc4c3)cc2C=O)n1. The van der Waals surface area contributed by atoms with E-state index in [2.05, 4.69) is 21.4 Å². The van der Waals surface area contributed by atoms with Gasteiger partial charge in [-0.05, 0) is 60.3 Å². The van der Waals surface area contributed by atoms with E-state index in [-0.39, 0.29) is 12.5 Å². The molecule has 4 rings (SSSR count). The number of aldehydes is 1. The predicted molar refractivity (Wildman–Crippen MR) is 121 cm³/mol. The summed E-state index contributed by atoms with van der Waals surface area (Å²) in [5.74, 6) is -0.129. The number of hydrogen-bond acceptors (Lipinski definition) is 5. The molecule has 2 heterocycles. The number of anilines is 1. The molecule has 2 aromatic carbocycles. The molecule has 4 aromatic rings. The number of nitrogens with one attached hydrogen (secondary N) is 2. The van der Waals surface area contributed by atoms with Crippen LogP contribution in [0.4, 0.5) is 5.13 Å². The van der Waals surface area contributed by atoms with Gasteiger partial charge in [0.1, 0.15) is 6.29 Å². The molecule has 7 heteroatoms.